The van der Waals surface area contributed by atoms with E-state index in [4.69, 9.17) is 0 Å². The number of hydrogen-bond donors (Lipinski definition) is 2. The van der Waals surface area contributed by atoms with Gasteiger partial charge in [-0.1, -0.05) is 0 Å². The summed E-state index contributed by atoms with van der Waals surface area (Å²) < 4.78 is 0. The maximum absolute atomic E-state index is 11.6. The normalized spacial score (nSPS) is 16.6. The first-order valence-corrected chi connectivity index (χ1v) is 6.41. The van der Waals surface area contributed by atoms with Gasteiger partial charge in [0.25, 0.3) is 5.69 Å². The topological polar surface area (TPSA) is 92.5 Å². The van der Waals surface area contributed by atoms with Crippen LogP contribution < -0.4 is 5.32 Å². The van der Waals surface area contributed by atoms with E-state index in [1.807, 2.05) is 0 Å². The van der Waals surface area contributed by atoms with Crippen molar-refractivity contribution in [3.63, 3.8) is 0 Å². The van der Waals surface area contributed by atoms with E-state index in [-0.39, 0.29) is 18.1 Å². The number of non-ortho nitro benzene ring substituents is 1. The summed E-state index contributed by atoms with van der Waals surface area (Å²) in [6.45, 7) is 0.260. The van der Waals surface area contributed by atoms with Crippen molar-refractivity contribution in [1.29, 1.82) is 0 Å². The third-order valence-electron chi connectivity index (χ3n) is 3.41. The fraction of sp³-hybridized carbons (Fsp3) is 0.357. The first-order chi connectivity index (χ1) is 9.48. The average Bonchev–Trinajstić information content (AvgIpc) is 2.41. The van der Waals surface area contributed by atoms with Crippen LogP contribution in [0.5, 0.6) is 0 Å². The molecule has 0 atom stereocenters. The second-order valence-electron chi connectivity index (χ2n) is 4.98. The summed E-state index contributed by atoms with van der Waals surface area (Å²) in [5.41, 5.74) is -0.0245. The van der Waals surface area contributed by atoms with Gasteiger partial charge in [-0.15, -0.1) is 0 Å². The Bertz CT molecular complexity index is 533. The summed E-state index contributed by atoms with van der Waals surface area (Å²) in [7, 11) is 0. The van der Waals surface area contributed by atoms with Crippen molar-refractivity contribution in [2.24, 2.45) is 0 Å². The molecule has 20 heavy (non-hydrogen) atoms. The van der Waals surface area contributed by atoms with Crippen LogP contribution in [0, 0.1) is 10.1 Å². The Morgan fingerprint density at radius 1 is 1.40 bits per heavy atom. The zero-order chi connectivity index (χ0) is 14.6. The standard InChI is InChI=1S/C14H16N2O4/c17-13(15-10-14(18)8-1-9-14)7-4-11-2-5-12(6-3-11)16(19)20/h2-7,18H,1,8-10H2,(H,15,17). The molecule has 106 valence electrons. The first kappa shape index (κ1) is 14.2. The highest BCUT2D eigenvalue weighted by molar-refractivity contribution is 5.91. The number of rotatable bonds is 5. The van der Waals surface area contributed by atoms with Gasteiger partial charge in [0.1, 0.15) is 0 Å². The third-order valence-corrected chi connectivity index (χ3v) is 3.41. The molecule has 0 unspecified atom stereocenters. The Kier molecular flexibility index (Phi) is 4.14. The van der Waals surface area contributed by atoms with Gasteiger partial charge < -0.3 is 10.4 Å². The zero-order valence-electron chi connectivity index (χ0n) is 10.9. The average molecular weight is 276 g/mol. The van der Waals surface area contributed by atoms with Crippen molar-refractivity contribution in [1.82, 2.24) is 5.32 Å². The minimum atomic E-state index is -0.739. The van der Waals surface area contributed by atoms with Gasteiger partial charge in [0.05, 0.1) is 10.5 Å². The number of hydrogen-bond acceptors (Lipinski definition) is 4. The van der Waals surface area contributed by atoms with Gasteiger partial charge in [-0.05, 0) is 43.0 Å². The predicted molar refractivity (Wildman–Crippen MR) is 73.9 cm³/mol. The van der Waals surface area contributed by atoms with E-state index in [1.54, 1.807) is 18.2 Å². The maximum Gasteiger partial charge on any atom is 0.269 e. The highest BCUT2D eigenvalue weighted by atomic mass is 16.6. The molecule has 1 aromatic rings. The molecule has 1 aliphatic rings. The van der Waals surface area contributed by atoms with Crippen molar-refractivity contribution in [2.75, 3.05) is 6.54 Å². The van der Waals surface area contributed by atoms with E-state index >= 15 is 0 Å². The summed E-state index contributed by atoms with van der Waals surface area (Å²) >= 11 is 0. The van der Waals surface area contributed by atoms with Crippen LogP contribution in [0.3, 0.4) is 0 Å². The van der Waals surface area contributed by atoms with Crippen LogP contribution in [0.25, 0.3) is 6.08 Å². The van der Waals surface area contributed by atoms with Crippen molar-refractivity contribution in [2.45, 2.75) is 24.9 Å². The van der Waals surface area contributed by atoms with Crippen molar-refractivity contribution >= 4 is 17.7 Å². The van der Waals surface area contributed by atoms with Gasteiger partial charge in [-0.25, -0.2) is 0 Å². The van der Waals surface area contributed by atoms with Gasteiger partial charge in [0.15, 0.2) is 0 Å². The Morgan fingerprint density at radius 3 is 2.55 bits per heavy atom. The Morgan fingerprint density at radius 2 is 2.05 bits per heavy atom. The second-order valence-corrected chi connectivity index (χ2v) is 4.98. The van der Waals surface area contributed by atoms with E-state index in [2.05, 4.69) is 5.32 Å². The summed E-state index contributed by atoms with van der Waals surface area (Å²) in [6.07, 6.45) is 5.36. The SMILES string of the molecule is O=C(C=Cc1ccc([N+](=O)[O-])cc1)NCC1(O)CCC1. The summed E-state index contributed by atoms with van der Waals surface area (Å²) in [5, 5.41) is 23.0. The molecular formula is C14H16N2O4. The number of amides is 1. The smallest absolute Gasteiger partial charge is 0.269 e. The van der Waals surface area contributed by atoms with Crippen molar-refractivity contribution in [3.8, 4) is 0 Å². The van der Waals surface area contributed by atoms with Gasteiger partial charge in [0, 0.05) is 24.8 Å². The number of nitro benzene ring substituents is 1. The highest BCUT2D eigenvalue weighted by Crippen LogP contribution is 2.30. The Balaban J connectivity index is 1.85. The number of nitrogens with one attached hydrogen (secondary N) is 1. The lowest BCUT2D eigenvalue weighted by Gasteiger charge is -2.36. The third kappa shape index (κ3) is 3.64. The molecule has 0 saturated heterocycles. The molecule has 1 aromatic carbocycles. The molecule has 0 spiro atoms. The van der Waals surface area contributed by atoms with E-state index in [0.717, 1.165) is 19.3 Å². The number of nitrogens with zero attached hydrogens (tertiary/aromatic N) is 1. The molecular weight excluding hydrogens is 260 g/mol. The summed E-state index contributed by atoms with van der Waals surface area (Å²) in [5.74, 6) is -0.288. The van der Waals surface area contributed by atoms with E-state index < -0.39 is 10.5 Å². The molecule has 0 heterocycles. The van der Waals surface area contributed by atoms with Crippen LogP contribution in [0.4, 0.5) is 5.69 Å². The molecule has 0 aromatic heterocycles. The highest BCUT2D eigenvalue weighted by Gasteiger charge is 2.34. The zero-order valence-corrected chi connectivity index (χ0v) is 10.9. The molecule has 0 radical (unpaired) electrons. The van der Waals surface area contributed by atoms with Crippen LogP contribution in [0.2, 0.25) is 0 Å². The summed E-state index contributed by atoms with van der Waals surface area (Å²) in [4.78, 5) is 21.6. The number of carbonyl (C=O) groups is 1. The van der Waals surface area contributed by atoms with E-state index in [0.29, 0.717) is 5.56 Å². The molecule has 1 fully saturated rings. The lowest BCUT2D eigenvalue weighted by molar-refractivity contribution is -0.384. The minimum absolute atomic E-state index is 0.0128. The fourth-order valence-corrected chi connectivity index (χ4v) is 1.95. The van der Waals surface area contributed by atoms with Crippen molar-refractivity contribution in [3.05, 3.63) is 46.0 Å². The second kappa shape index (κ2) is 5.83. The Hall–Kier alpha value is -2.21. The van der Waals surface area contributed by atoms with Crippen LogP contribution in [-0.4, -0.2) is 28.1 Å². The molecule has 6 nitrogen and oxygen atoms in total. The van der Waals surface area contributed by atoms with Crippen molar-refractivity contribution < 1.29 is 14.8 Å². The number of carbonyl (C=O) groups excluding carboxylic acids is 1. The van der Waals surface area contributed by atoms with Crippen LogP contribution in [-0.2, 0) is 4.79 Å². The molecule has 1 aliphatic carbocycles. The lowest BCUT2D eigenvalue weighted by Crippen LogP contribution is -2.47. The predicted octanol–water partition coefficient (Wildman–Crippen LogP) is 1.64. The minimum Gasteiger partial charge on any atom is -0.388 e. The molecule has 1 amide bonds. The van der Waals surface area contributed by atoms with Crippen LogP contribution in [0.15, 0.2) is 30.3 Å². The number of aliphatic hydroxyl groups is 1. The van der Waals surface area contributed by atoms with Crippen LogP contribution in [0.1, 0.15) is 24.8 Å². The van der Waals surface area contributed by atoms with Gasteiger partial charge >= 0.3 is 0 Å². The van der Waals surface area contributed by atoms with E-state index in [9.17, 15) is 20.0 Å². The molecule has 1 saturated carbocycles. The van der Waals surface area contributed by atoms with Crippen LogP contribution >= 0.6 is 0 Å². The number of benzene rings is 1. The van der Waals surface area contributed by atoms with Gasteiger partial charge in [-0.3, -0.25) is 14.9 Å². The lowest BCUT2D eigenvalue weighted by atomic mass is 9.80. The molecule has 2 rings (SSSR count). The molecule has 6 heteroatoms. The fourth-order valence-electron chi connectivity index (χ4n) is 1.95. The number of nitro groups is 1. The quantitative estimate of drug-likeness (QED) is 0.486. The molecule has 2 N–H and O–H groups in total. The van der Waals surface area contributed by atoms with Gasteiger partial charge in [-0.2, -0.15) is 0 Å². The summed E-state index contributed by atoms with van der Waals surface area (Å²) in [6, 6.07) is 5.91. The maximum atomic E-state index is 11.6. The van der Waals surface area contributed by atoms with E-state index in [1.165, 1.54) is 18.2 Å². The molecule has 0 aliphatic heterocycles. The monoisotopic (exact) mass is 276 g/mol. The van der Waals surface area contributed by atoms with Gasteiger partial charge in [0.2, 0.25) is 5.91 Å². The Labute approximate surface area is 116 Å². The largest absolute Gasteiger partial charge is 0.388 e. The first-order valence-electron chi connectivity index (χ1n) is 6.41. The molecule has 0 bridgehead atoms.